The molecule has 0 unspecified atom stereocenters. The van der Waals surface area contributed by atoms with Crippen molar-refractivity contribution in [3.8, 4) is 0 Å². The molecular weight excluding hydrogens is 334 g/mol. The number of benzene rings is 1. The number of nitrogens with one attached hydrogen (secondary N) is 2. The van der Waals surface area contributed by atoms with Crippen molar-refractivity contribution in [3.05, 3.63) is 30.3 Å². The van der Waals surface area contributed by atoms with Crippen molar-refractivity contribution in [2.24, 2.45) is 5.73 Å². The van der Waals surface area contributed by atoms with Gasteiger partial charge in [0.1, 0.15) is 12.1 Å². The van der Waals surface area contributed by atoms with E-state index in [-0.39, 0.29) is 29.4 Å². The summed E-state index contributed by atoms with van der Waals surface area (Å²) in [5.74, 6) is -1.93. The zero-order valence-corrected chi connectivity index (χ0v) is 13.7. The molecule has 0 radical (unpaired) electrons. The highest BCUT2D eigenvalue weighted by Gasteiger charge is 2.30. The van der Waals surface area contributed by atoms with Gasteiger partial charge in [0.15, 0.2) is 9.84 Å². The number of rotatable bonds is 7. The average molecular weight is 353 g/mol. The van der Waals surface area contributed by atoms with Crippen molar-refractivity contribution in [1.29, 1.82) is 0 Å². The van der Waals surface area contributed by atoms with E-state index >= 15 is 0 Å². The minimum atomic E-state index is -3.58. The summed E-state index contributed by atoms with van der Waals surface area (Å²) in [6, 6.07) is 5.98. The van der Waals surface area contributed by atoms with E-state index in [1.165, 1.54) is 12.1 Å². The number of hydrogen-bond acceptors (Lipinski definition) is 5. The quantitative estimate of drug-likeness (QED) is 0.584. The summed E-state index contributed by atoms with van der Waals surface area (Å²) in [5, 5.41) is 4.89. The van der Waals surface area contributed by atoms with Gasteiger partial charge < -0.3 is 16.4 Å². The van der Waals surface area contributed by atoms with Gasteiger partial charge in [-0.3, -0.25) is 14.4 Å². The molecule has 0 saturated carbocycles. The normalized spacial score (nSPS) is 18.7. The molecular formula is C15H19N3O5S. The van der Waals surface area contributed by atoms with Gasteiger partial charge in [-0.2, -0.15) is 0 Å². The van der Waals surface area contributed by atoms with Crippen LogP contribution >= 0.6 is 0 Å². The summed E-state index contributed by atoms with van der Waals surface area (Å²) in [6.45, 7) is 0. The van der Waals surface area contributed by atoms with Crippen molar-refractivity contribution in [3.63, 3.8) is 0 Å². The summed E-state index contributed by atoms with van der Waals surface area (Å²) in [6.07, 6.45) is 0.430. The molecule has 24 heavy (non-hydrogen) atoms. The lowest BCUT2D eigenvalue weighted by atomic mass is 10.1. The van der Waals surface area contributed by atoms with Crippen molar-refractivity contribution < 1.29 is 22.8 Å². The number of nitrogens with two attached hydrogens (primary N) is 1. The SMILES string of the molecule is NC(=O)[C@@H](CCS(=O)(=O)c1ccccc1)NC(=O)[C@@H]1CCC(=O)N1. The molecule has 2 rings (SSSR count). The van der Waals surface area contributed by atoms with Crippen molar-refractivity contribution in [2.45, 2.75) is 36.2 Å². The molecule has 1 aromatic carbocycles. The second-order valence-electron chi connectivity index (χ2n) is 5.54. The van der Waals surface area contributed by atoms with Crippen LogP contribution in [0.5, 0.6) is 0 Å². The third-order valence-corrected chi connectivity index (χ3v) is 5.51. The molecule has 1 aromatic rings. The standard InChI is InChI=1S/C15H19N3O5S/c16-14(20)11(18-15(21)12-6-7-13(19)17-12)8-9-24(22,23)10-4-2-1-3-5-10/h1-5,11-12H,6-9H2,(H2,16,20)(H,17,19)(H,18,21)/t11-,12+/m1/s1. The van der Waals surface area contributed by atoms with E-state index in [1.807, 2.05) is 0 Å². The lowest BCUT2D eigenvalue weighted by Crippen LogP contribution is -2.51. The predicted octanol–water partition coefficient (Wildman–Crippen LogP) is -0.901. The number of amides is 3. The van der Waals surface area contributed by atoms with Crippen molar-refractivity contribution in [1.82, 2.24) is 10.6 Å². The Balaban J connectivity index is 1.98. The topological polar surface area (TPSA) is 135 Å². The molecule has 1 saturated heterocycles. The molecule has 1 aliphatic heterocycles. The van der Waals surface area contributed by atoms with E-state index in [0.717, 1.165) is 0 Å². The lowest BCUT2D eigenvalue weighted by Gasteiger charge is -2.18. The van der Waals surface area contributed by atoms with Crippen LogP contribution in [0.15, 0.2) is 35.2 Å². The van der Waals surface area contributed by atoms with Gasteiger partial charge in [0.05, 0.1) is 10.6 Å². The first kappa shape index (κ1) is 17.9. The van der Waals surface area contributed by atoms with E-state index in [0.29, 0.717) is 6.42 Å². The molecule has 0 spiro atoms. The second-order valence-corrected chi connectivity index (χ2v) is 7.65. The molecule has 130 valence electrons. The van der Waals surface area contributed by atoms with E-state index in [2.05, 4.69) is 10.6 Å². The minimum Gasteiger partial charge on any atom is -0.368 e. The largest absolute Gasteiger partial charge is 0.368 e. The third kappa shape index (κ3) is 4.54. The van der Waals surface area contributed by atoms with Crippen LogP contribution in [0.4, 0.5) is 0 Å². The van der Waals surface area contributed by atoms with Crippen LogP contribution in [-0.4, -0.2) is 44.0 Å². The maximum atomic E-state index is 12.2. The zero-order chi connectivity index (χ0) is 17.7. The fourth-order valence-corrected chi connectivity index (χ4v) is 3.74. The molecule has 1 aliphatic rings. The van der Waals surface area contributed by atoms with Crippen LogP contribution < -0.4 is 16.4 Å². The van der Waals surface area contributed by atoms with Crippen LogP contribution in [0.25, 0.3) is 0 Å². The number of hydrogen-bond donors (Lipinski definition) is 3. The Bertz CT molecular complexity index is 733. The summed E-state index contributed by atoms with van der Waals surface area (Å²) in [5.41, 5.74) is 5.24. The molecule has 8 nitrogen and oxygen atoms in total. The number of carbonyl (C=O) groups is 3. The molecule has 3 amide bonds. The zero-order valence-electron chi connectivity index (χ0n) is 12.9. The molecule has 0 aromatic heterocycles. The Morgan fingerprint density at radius 3 is 2.50 bits per heavy atom. The first-order chi connectivity index (χ1) is 11.3. The predicted molar refractivity (Wildman–Crippen MR) is 85.4 cm³/mol. The van der Waals surface area contributed by atoms with Crippen LogP contribution in [-0.2, 0) is 24.2 Å². The van der Waals surface area contributed by atoms with Gasteiger partial charge in [0.2, 0.25) is 17.7 Å². The molecule has 0 bridgehead atoms. The van der Waals surface area contributed by atoms with Gasteiger partial charge >= 0.3 is 0 Å². The molecule has 4 N–H and O–H groups in total. The Labute approximate surface area is 139 Å². The fraction of sp³-hybridized carbons (Fsp3) is 0.400. The van der Waals surface area contributed by atoms with E-state index in [1.54, 1.807) is 18.2 Å². The Kier molecular flexibility index (Phi) is 5.55. The molecule has 1 heterocycles. The van der Waals surface area contributed by atoms with Gasteiger partial charge in [0.25, 0.3) is 0 Å². The lowest BCUT2D eigenvalue weighted by molar-refractivity contribution is -0.129. The summed E-state index contributed by atoms with van der Waals surface area (Å²) in [7, 11) is -3.58. The highest BCUT2D eigenvalue weighted by Crippen LogP contribution is 2.13. The van der Waals surface area contributed by atoms with E-state index < -0.39 is 33.7 Å². The van der Waals surface area contributed by atoms with Crippen LogP contribution in [0, 0.1) is 0 Å². The minimum absolute atomic E-state index is 0.140. The van der Waals surface area contributed by atoms with Crippen LogP contribution in [0.3, 0.4) is 0 Å². The summed E-state index contributed by atoms with van der Waals surface area (Å²) >= 11 is 0. The molecule has 2 atom stereocenters. The number of sulfone groups is 1. The highest BCUT2D eigenvalue weighted by atomic mass is 32.2. The second kappa shape index (κ2) is 7.43. The van der Waals surface area contributed by atoms with Gasteiger partial charge in [0, 0.05) is 6.42 Å². The smallest absolute Gasteiger partial charge is 0.243 e. The Morgan fingerprint density at radius 2 is 1.96 bits per heavy atom. The van der Waals surface area contributed by atoms with Gasteiger partial charge in [-0.15, -0.1) is 0 Å². The molecule has 0 aliphatic carbocycles. The number of primary amides is 1. The maximum absolute atomic E-state index is 12.2. The maximum Gasteiger partial charge on any atom is 0.243 e. The molecule has 1 fully saturated rings. The molecule has 9 heteroatoms. The van der Waals surface area contributed by atoms with Crippen molar-refractivity contribution in [2.75, 3.05) is 5.75 Å². The average Bonchev–Trinajstić information content (AvgIpc) is 2.98. The van der Waals surface area contributed by atoms with E-state index in [9.17, 15) is 22.8 Å². The van der Waals surface area contributed by atoms with Crippen molar-refractivity contribution >= 4 is 27.6 Å². The highest BCUT2D eigenvalue weighted by molar-refractivity contribution is 7.91. The van der Waals surface area contributed by atoms with Crippen LogP contribution in [0.2, 0.25) is 0 Å². The Hall–Kier alpha value is -2.42. The van der Waals surface area contributed by atoms with Crippen LogP contribution in [0.1, 0.15) is 19.3 Å². The first-order valence-corrected chi connectivity index (χ1v) is 9.11. The monoisotopic (exact) mass is 353 g/mol. The summed E-state index contributed by atoms with van der Waals surface area (Å²) < 4.78 is 24.4. The van der Waals surface area contributed by atoms with Gasteiger partial charge in [-0.1, -0.05) is 18.2 Å². The Morgan fingerprint density at radius 1 is 1.29 bits per heavy atom. The summed E-state index contributed by atoms with van der Waals surface area (Å²) in [4.78, 5) is 34.8. The van der Waals surface area contributed by atoms with Gasteiger partial charge in [-0.25, -0.2) is 8.42 Å². The fourth-order valence-electron chi connectivity index (χ4n) is 2.39. The van der Waals surface area contributed by atoms with Gasteiger partial charge in [-0.05, 0) is 25.0 Å². The van der Waals surface area contributed by atoms with E-state index in [4.69, 9.17) is 5.73 Å². The first-order valence-electron chi connectivity index (χ1n) is 7.46. The third-order valence-electron chi connectivity index (χ3n) is 3.75. The number of carbonyl (C=O) groups excluding carboxylic acids is 3.